The van der Waals surface area contributed by atoms with Gasteiger partial charge in [-0.15, -0.1) is 0 Å². The van der Waals surface area contributed by atoms with Crippen molar-refractivity contribution >= 4 is 17.6 Å². The number of aliphatic hydroxyl groups excluding tert-OH is 1. The smallest absolute Gasteiger partial charge is 0.322 e. The predicted molar refractivity (Wildman–Crippen MR) is 137 cm³/mol. The molecule has 3 heterocycles. The Morgan fingerprint density at radius 1 is 1.00 bits per heavy atom. The van der Waals surface area contributed by atoms with E-state index in [1.165, 1.54) is 0 Å². The third kappa shape index (κ3) is 4.07. The van der Waals surface area contributed by atoms with Crippen LogP contribution in [0.1, 0.15) is 25.1 Å². The summed E-state index contributed by atoms with van der Waals surface area (Å²) in [6.45, 7) is 2.41. The van der Waals surface area contributed by atoms with E-state index in [2.05, 4.69) is 10.6 Å². The van der Waals surface area contributed by atoms with Crippen molar-refractivity contribution < 1.29 is 14.7 Å². The average molecular weight is 487 g/mol. The zero-order valence-corrected chi connectivity index (χ0v) is 20.1. The van der Waals surface area contributed by atoms with E-state index < -0.39 is 23.9 Å². The number of benzene rings is 2. The molecule has 8 nitrogen and oxygen atoms in total. The topological polar surface area (TPSA) is 104 Å². The molecule has 0 aliphatic carbocycles. The van der Waals surface area contributed by atoms with Crippen LogP contribution < -0.4 is 16.2 Å². The molecule has 1 fully saturated rings. The van der Waals surface area contributed by atoms with Crippen LogP contribution in [0.3, 0.4) is 0 Å². The first-order valence-electron chi connectivity index (χ1n) is 12.4. The second-order valence-corrected chi connectivity index (χ2v) is 9.33. The molecule has 2 aliphatic heterocycles. The summed E-state index contributed by atoms with van der Waals surface area (Å²) in [5.74, 6) is -1.40. The Kier molecular flexibility index (Phi) is 6.61. The second-order valence-electron chi connectivity index (χ2n) is 9.33. The Morgan fingerprint density at radius 3 is 2.36 bits per heavy atom. The Hall–Kier alpha value is -3.91. The summed E-state index contributed by atoms with van der Waals surface area (Å²) in [6.07, 6.45) is 0.769. The molecule has 1 aromatic heterocycles. The largest absolute Gasteiger partial charge is 0.396 e. The molecule has 5 rings (SSSR count). The highest BCUT2D eigenvalue weighted by Gasteiger charge is 2.57. The maximum absolute atomic E-state index is 13.6. The highest BCUT2D eigenvalue weighted by atomic mass is 16.3. The molecule has 3 N–H and O–H groups in total. The second kappa shape index (κ2) is 9.99. The monoisotopic (exact) mass is 486 g/mol. The summed E-state index contributed by atoms with van der Waals surface area (Å²) in [5.41, 5.74) is 2.45. The molecule has 2 aromatic carbocycles. The van der Waals surface area contributed by atoms with Gasteiger partial charge in [0.2, 0.25) is 5.91 Å². The standard InChI is InChI=1S/C28H30N4O4/c1-2-15-29-26(34)24-21(17-33)23-16-31-22(14-13-20(27(31)35)18-9-5-3-6-10-18)25(24)32(23)28(36)30-19-11-7-4-8-12-19/h3-14,21,23-25,33H,2,15-17H2,1H3,(H,29,34)(H,30,36)/t21-,23-,24+,25+/m0/s1. The SMILES string of the molecule is CCCNC(=O)[C@@H]1[C@@H](CO)[C@@H]2Cn3c(ccc(-c4ccccc4)c3=O)[C@H]1N2C(=O)Nc1ccccc1. The number of fused-ring (bicyclic) bond motifs is 4. The molecule has 2 bridgehead atoms. The lowest BCUT2D eigenvalue weighted by Crippen LogP contribution is -2.50. The average Bonchev–Trinajstić information content (AvgIpc) is 3.15. The number of para-hydroxylation sites is 1. The Balaban J connectivity index is 1.60. The van der Waals surface area contributed by atoms with E-state index >= 15 is 0 Å². The number of carbonyl (C=O) groups is 2. The van der Waals surface area contributed by atoms with Crippen molar-refractivity contribution in [3.63, 3.8) is 0 Å². The fraction of sp³-hybridized carbons (Fsp3) is 0.321. The zero-order chi connectivity index (χ0) is 25.2. The maximum Gasteiger partial charge on any atom is 0.322 e. The van der Waals surface area contributed by atoms with Crippen LogP contribution in [-0.4, -0.2) is 45.7 Å². The number of rotatable bonds is 6. The van der Waals surface area contributed by atoms with Gasteiger partial charge in [0.25, 0.3) is 5.56 Å². The lowest BCUT2D eigenvalue weighted by atomic mass is 9.86. The molecule has 186 valence electrons. The quantitative estimate of drug-likeness (QED) is 0.498. The number of anilines is 1. The number of hydrogen-bond acceptors (Lipinski definition) is 4. The molecule has 2 aliphatic rings. The Labute approximate surface area is 209 Å². The van der Waals surface area contributed by atoms with Gasteiger partial charge in [-0.25, -0.2) is 4.79 Å². The van der Waals surface area contributed by atoms with Crippen molar-refractivity contribution in [1.29, 1.82) is 0 Å². The first-order valence-corrected chi connectivity index (χ1v) is 12.4. The summed E-state index contributed by atoms with van der Waals surface area (Å²) < 4.78 is 1.68. The Morgan fingerprint density at radius 2 is 1.69 bits per heavy atom. The van der Waals surface area contributed by atoms with Crippen LogP contribution in [0.25, 0.3) is 11.1 Å². The van der Waals surface area contributed by atoms with Gasteiger partial charge in [-0.05, 0) is 36.2 Å². The highest BCUT2D eigenvalue weighted by Crippen LogP contribution is 2.48. The van der Waals surface area contributed by atoms with E-state index in [0.29, 0.717) is 23.5 Å². The highest BCUT2D eigenvalue weighted by molar-refractivity contribution is 5.91. The van der Waals surface area contributed by atoms with Gasteiger partial charge in [0, 0.05) is 42.6 Å². The molecular weight excluding hydrogens is 456 g/mol. The number of carbonyl (C=O) groups excluding carboxylic acids is 2. The van der Waals surface area contributed by atoms with Gasteiger partial charge in [0.05, 0.1) is 18.0 Å². The fourth-order valence-electron chi connectivity index (χ4n) is 5.60. The lowest BCUT2D eigenvalue weighted by Gasteiger charge is -2.38. The first kappa shape index (κ1) is 23.8. The molecule has 0 spiro atoms. The number of hydrogen-bond donors (Lipinski definition) is 3. The normalized spacial score (nSPS) is 22.1. The number of aliphatic hydroxyl groups is 1. The minimum atomic E-state index is -0.681. The van der Waals surface area contributed by atoms with Gasteiger partial charge in [0.15, 0.2) is 0 Å². The fourth-order valence-corrected chi connectivity index (χ4v) is 5.60. The molecule has 8 heteroatoms. The molecular formula is C28H30N4O4. The molecule has 3 amide bonds. The van der Waals surface area contributed by atoms with Gasteiger partial charge in [-0.3, -0.25) is 9.59 Å². The lowest BCUT2D eigenvalue weighted by molar-refractivity contribution is -0.127. The van der Waals surface area contributed by atoms with E-state index in [1.54, 1.807) is 27.7 Å². The maximum atomic E-state index is 13.6. The number of nitrogens with zero attached hydrogens (tertiary/aromatic N) is 2. The van der Waals surface area contributed by atoms with Gasteiger partial charge < -0.3 is 25.2 Å². The summed E-state index contributed by atoms with van der Waals surface area (Å²) in [6, 6.07) is 20.6. The summed E-state index contributed by atoms with van der Waals surface area (Å²) >= 11 is 0. The van der Waals surface area contributed by atoms with Crippen molar-refractivity contribution in [2.45, 2.75) is 32.0 Å². The number of urea groups is 1. The van der Waals surface area contributed by atoms with Crippen molar-refractivity contribution in [3.05, 3.63) is 88.8 Å². The first-order chi connectivity index (χ1) is 17.5. The van der Waals surface area contributed by atoms with Crippen molar-refractivity contribution in [3.8, 4) is 11.1 Å². The zero-order valence-electron chi connectivity index (χ0n) is 20.1. The number of aromatic nitrogens is 1. The Bertz CT molecular complexity index is 1310. The minimum Gasteiger partial charge on any atom is -0.396 e. The van der Waals surface area contributed by atoms with E-state index in [1.807, 2.05) is 61.5 Å². The van der Waals surface area contributed by atoms with Crippen LogP contribution in [0.4, 0.5) is 10.5 Å². The molecule has 0 saturated carbocycles. The van der Waals surface area contributed by atoms with Crippen LogP contribution in [0.15, 0.2) is 77.6 Å². The van der Waals surface area contributed by atoms with E-state index in [4.69, 9.17) is 0 Å². The number of pyridine rings is 1. The van der Waals surface area contributed by atoms with Crippen LogP contribution in [0.2, 0.25) is 0 Å². The molecule has 4 atom stereocenters. The van der Waals surface area contributed by atoms with Crippen LogP contribution in [0.5, 0.6) is 0 Å². The van der Waals surface area contributed by atoms with Crippen LogP contribution in [0, 0.1) is 11.8 Å². The van der Waals surface area contributed by atoms with E-state index in [9.17, 15) is 19.5 Å². The predicted octanol–water partition coefficient (Wildman–Crippen LogP) is 3.24. The van der Waals surface area contributed by atoms with Crippen LogP contribution in [-0.2, 0) is 11.3 Å². The molecule has 3 aromatic rings. The number of amides is 3. The van der Waals surface area contributed by atoms with Gasteiger partial charge in [-0.2, -0.15) is 0 Å². The minimum absolute atomic E-state index is 0.164. The van der Waals surface area contributed by atoms with E-state index in [-0.39, 0.29) is 30.6 Å². The van der Waals surface area contributed by atoms with Crippen molar-refractivity contribution in [2.75, 3.05) is 18.5 Å². The van der Waals surface area contributed by atoms with Gasteiger partial charge in [-0.1, -0.05) is 55.5 Å². The molecule has 1 saturated heterocycles. The molecule has 0 radical (unpaired) electrons. The van der Waals surface area contributed by atoms with Crippen molar-refractivity contribution in [2.24, 2.45) is 11.8 Å². The van der Waals surface area contributed by atoms with E-state index in [0.717, 1.165) is 12.0 Å². The van der Waals surface area contributed by atoms with Gasteiger partial charge >= 0.3 is 6.03 Å². The third-order valence-corrected chi connectivity index (χ3v) is 7.24. The van der Waals surface area contributed by atoms with Crippen LogP contribution >= 0.6 is 0 Å². The number of nitrogens with one attached hydrogen (secondary N) is 2. The van der Waals surface area contributed by atoms with Gasteiger partial charge in [0.1, 0.15) is 0 Å². The molecule has 0 unspecified atom stereocenters. The summed E-state index contributed by atoms with van der Waals surface area (Å²) in [5, 5.41) is 16.3. The summed E-state index contributed by atoms with van der Waals surface area (Å²) in [7, 11) is 0. The summed E-state index contributed by atoms with van der Waals surface area (Å²) in [4.78, 5) is 42.2. The van der Waals surface area contributed by atoms with Crippen molar-refractivity contribution in [1.82, 2.24) is 14.8 Å². The third-order valence-electron chi connectivity index (χ3n) is 7.24. The molecule has 36 heavy (non-hydrogen) atoms.